The summed E-state index contributed by atoms with van der Waals surface area (Å²) >= 11 is 1.84. The second-order valence-corrected chi connectivity index (χ2v) is 6.56. The quantitative estimate of drug-likeness (QED) is 0.408. The number of nitrogens with one attached hydrogen (secondary N) is 2. The van der Waals surface area contributed by atoms with Crippen LogP contribution < -0.4 is 16.0 Å². The number of nitrogen functional groups attached to an aromatic ring is 1. The predicted octanol–water partition coefficient (Wildman–Crippen LogP) is 1.91. The number of rotatable bonds is 4. The van der Waals surface area contributed by atoms with E-state index in [2.05, 4.69) is 15.1 Å². The largest absolute Gasteiger partial charge is 0.323 e. The Balaban J connectivity index is 2.41. The Labute approximate surface area is 128 Å². The van der Waals surface area contributed by atoms with E-state index in [-0.39, 0.29) is 16.3 Å². The minimum Gasteiger partial charge on any atom is -0.323 e. The van der Waals surface area contributed by atoms with E-state index in [0.29, 0.717) is 3.57 Å². The number of halogens is 2. The van der Waals surface area contributed by atoms with E-state index >= 15 is 0 Å². The summed E-state index contributed by atoms with van der Waals surface area (Å²) < 4.78 is 40.4. The van der Waals surface area contributed by atoms with Gasteiger partial charge in [-0.05, 0) is 46.9 Å². The molecule has 106 valence electrons. The molecule has 0 saturated carbocycles. The zero-order valence-electron chi connectivity index (χ0n) is 9.97. The normalized spacial score (nSPS) is 11.2. The smallest absolute Gasteiger partial charge is 0.265 e. The Kier molecular flexibility index (Phi) is 4.40. The number of aromatic nitrogens is 1. The summed E-state index contributed by atoms with van der Waals surface area (Å²) in [7, 11) is -3.87. The summed E-state index contributed by atoms with van der Waals surface area (Å²) in [5.74, 6) is 4.83. The van der Waals surface area contributed by atoms with E-state index in [1.165, 1.54) is 36.7 Å². The molecule has 9 heteroatoms. The van der Waals surface area contributed by atoms with Gasteiger partial charge in [0.2, 0.25) is 0 Å². The van der Waals surface area contributed by atoms with Crippen molar-refractivity contribution >= 4 is 44.0 Å². The van der Waals surface area contributed by atoms with Gasteiger partial charge in [-0.2, -0.15) is 0 Å². The average molecular weight is 408 g/mol. The highest BCUT2D eigenvalue weighted by Gasteiger charge is 2.19. The van der Waals surface area contributed by atoms with Gasteiger partial charge in [-0.1, -0.05) is 0 Å². The monoisotopic (exact) mass is 408 g/mol. The highest BCUT2D eigenvalue weighted by atomic mass is 127. The maximum Gasteiger partial charge on any atom is 0.265 e. The van der Waals surface area contributed by atoms with Gasteiger partial charge in [0.1, 0.15) is 10.7 Å². The first-order valence-electron chi connectivity index (χ1n) is 5.32. The van der Waals surface area contributed by atoms with Gasteiger partial charge in [0, 0.05) is 16.0 Å². The zero-order chi connectivity index (χ0) is 14.8. The number of benzene rings is 1. The van der Waals surface area contributed by atoms with Crippen LogP contribution in [0.3, 0.4) is 0 Å². The van der Waals surface area contributed by atoms with E-state index in [1.54, 1.807) is 0 Å². The molecule has 0 saturated heterocycles. The number of nitrogens with zero attached hydrogens (tertiary/aromatic N) is 1. The van der Waals surface area contributed by atoms with Crippen LogP contribution in [0.4, 0.5) is 15.8 Å². The van der Waals surface area contributed by atoms with E-state index in [0.717, 1.165) is 0 Å². The molecule has 0 unspecified atom stereocenters. The summed E-state index contributed by atoms with van der Waals surface area (Å²) in [6.45, 7) is 0. The third kappa shape index (κ3) is 3.16. The third-order valence-corrected chi connectivity index (χ3v) is 4.69. The van der Waals surface area contributed by atoms with Crippen LogP contribution >= 0.6 is 22.6 Å². The first kappa shape index (κ1) is 14.9. The summed E-state index contributed by atoms with van der Waals surface area (Å²) in [6.07, 6.45) is 2.59. The molecule has 20 heavy (non-hydrogen) atoms. The summed E-state index contributed by atoms with van der Waals surface area (Å²) in [4.78, 5) is 3.67. The molecule has 2 rings (SSSR count). The molecule has 0 aliphatic carbocycles. The molecule has 1 aromatic carbocycles. The number of hydrazine groups is 1. The van der Waals surface area contributed by atoms with Crippen molar-refractivity contribution in [3.8, 4) is 0 Å². The number of hydrogen-bond donors (Lipinski definition) is 3. The van der Waals surface area contributed by atoms with Gasteiger partial charge < -0.3 is 5.43 Å². The number of sulfonamides is 1. The number of nitrogens with two attached hydrogens (primary N) is 1. The van der Waals surface area contributed by atoms with Crippen molar-refractivity contribution < 1.29 is 12.8 Å². The Morgan fingerprint density at radius 1 is 1.25 bits per heavy atom. The van der Waals surface area contributed by atoms with Crippen molar-refractivity contribution in [3.05, 3.63) is 46.0 Å². The van der Waals surface area contributed by atoms with Crippen molar-refractivity contribution in [3.63, 3.8) is 0 Å². The first-order valence-corrected chi connectivity index (χ1v) is 7.89. The van der Waals surface area contributed by atoms with Crippen LogP contribution in [-0.4, -0.2) is 13.4 Å². The van der Waals surface area contributed by atoms with Crippen molar-refractivity contribution in [2.24, 2.45) is 5.84 Å². The van der Waals surface area contributed by atoms with Crippen LogP contribution in [-0.2, 0) is 10.0 Å². The molecule has 1 heterocycles. The molecule has 4 N–H and O–H groups in total. The van der Waals surface area contributed by atoms with Gasteiger partial charge in [-0.3, -0.25) is 15.5 Å². The molecule has 0 aliphatic rings. The second kappa shape index (κ2) is 5.89. The molecule has 0 spiro atoms. The van der Waals surface area contributed by atoms with E-state index in [4.69, 9.17) is 5.84 Å². The molecule has 1 aromatic heterocycles. The highest BCUT2D eigenvalue weighted by molar-refractivity contribution is 14.1. The maximum absolute atomic E-state index is 13.0. The third-order valence-electron chi connectivity index (χ3n) is 2.40. The molecule has 0 fully saturated rings. The van der Waals surface area contributed by atoms with Gasteiger partial charge >= 0.3 is 0 Å². The SMILES string of the molecule is NNc1ccncc1S(=O)(=O)Nc1ccc(F)cc1I. The highest BCUT2D eigenvalue weighted by Crippen LogP contribution is 2.25. The van der Waals surface area contributed by atoms with Crippen LogP contribution in [0.15, 0.2) is 41.6 Å². The zero-order valence-corrected chi connectivity index (χ0v) is 12.9. The number of anilines is 2. The molecule has 0 aliphatic heterocycles. The minimum absolute atomic E-state index is 0.0948. The van der Waals surface area contributed by atoms with Crippen LogP contribution in [0.5, 0.6) is 0 Å². The van der Waals surface area contributed by atoms with Gasteiger partial charge in [-0.15, -0.1) is 0 Å². The molecule has 0 atom stereocenters. The van der Waals surface area contributed by atoms with Crippen LogP contribution in [0.25, 0.3) is 0 Å². The lowest BCUT2D eigenvalue weighted by atomic mass is 10.3. The van der Waals surface area contributed by atoms with Gasteiger partial charge in [-0.25, -0.2) is 12.8 Å². The standard InChI is InChI=1S/C11H10FIN4O2S/c12-7-1-2-9(8(13)5-7)17-20(18,19)11-6-15-4-3-10(11)16-14/h1-6,17H,14H2,(H,15,16). The van der Waals surface area contributed by atoms with Crippen LogP contribution in [0.2, 0.25) is 0 Å². The van der Waals surface area contributed by atoms with Crippen LogP contribution in [0.1, 0.15) is 0 Å². The molecule has 6 nitrogen and oxygen atoms in total. The Morgan fingerprint density at radius 3 is 2.65 bits per heavy atom. The van der Waals surface area contributed by atoms with Crippen LogP contribution in [0, 0.1) is 9.39 Å². The first-order chi connectivity index (χ1) is 9.44. The van der Waals surface area contributed by atoms with E-state index < -0.39 is 15.8 Å². The summed E-state index contributed by atoms with van der Waals surface area (Å²) in [6, 6.07) is 5.18. The fourth-order valence-electron chi connectivity index (χ4n) is 1.49. The lowest BCUT2D eigenvalue weighted by Crippen LogP contribution is -2.18. The average Bonchev–Trinajstić information content (AvgIpc) is 2.42. The maximum atomic E-state index is 13.0. The Morgan fingerprint density at radius 2 is 2.00 bits per heavy atom. The van der Waals surface area contributed by atoms with Gasteiger partial charge in [0.05, 0.1) is 11.4 Å². The summed E-state index contributed by atoms with van der Waals surface area (Å²) in [5, 5.41) is 0. The van der Waals surface area contributed by atoms with Crippen molar-refractivity contribution in [1.29, 1.82) is 0 Å². The molecule has 0 amide bonds. The second-order valence-electron chi connectivity index (χ2n) is 3.75. The molecular weight excluding hydrogens is 398 g/mol. The Bertz CT molecular complexity index is 739. The van der Waals surface area contributed by atoms with Gasteiger partial charge in [0.25, 0.3) is 10.0 Å². The topological polar surface area (TPSA) is 97.1 Å². The molecule has 0 radical (unpaired) electrons. The molecule has 2 aromatic rings. The van der Waals surface area contributed by atoms with Crippen molar-refractivity contribution in [1.82, 2.24) is 4.98 Å². The minimum atomic E-state index is -3.87. The van der Waals surface area contributed by atoms with Gasteiger partial charge in [0.15, 0.2) is 0 Å². The summed E-state index contributed by atoms with van der Waals surface area (Å²) in [5.41, 5.74) is 2.78. The fraction of sp³-hybridized carbons (Fsp3) is 0. The van der Waals surface area contributed by atoms with E-state index in [1.807, 2.05) is 22.6 Å². The number of hydrogen-bond acceptors (Lipinski definition) is 5. The number of pyridine rings is 1. The molecule has 0 bridgehead atoms. The Hall–Kier alpha value is -1.46. The predicted molar refractivity (Wildman–Crippen MR) is 82.0 cm³/mol. The molecular formula is C11H10FIN4O2S. The lowest BCUT2D eigenvalue weighted by molar-refractivity contribution is 0.600. The van der Waals surface area contributed by atoms with Crippen molar-refractivity contribution in [2.75, 3.05) is 10.1 Å². The lowest BCUT2D eigenvalue weighted by Gasteiger charge is -2.12. The van der Waals surface area contributed by atoms with Crippen molar-refractivity contribution in [2.45, 2.75) is 4.90 Å². The van der Waals surface area contributed by atoms with E-state index in [9.17, 15) is 12.8 Å². The fourth-order valence-corrected chi connectivity index (χ4v) is 3.47.